The van der Waals surface area contributed by atoms with Gasteiger partial charge in [0.15, 0.2) is 0 Å². The average molecular weight is 321 g/mol. The molecule has 1 N–H and O–H groups in total. The molecule has 106 valence electrons. The van der Waals surface area contributed by atoms with Crippen LogP contribution in [0.2, 0.25) is 5.15 Å². The summed E-state index contributed by atoms with van der Waals surface area (Å²) in [4.78, 5) is 3.98. The van der Waals surface area contributed by atoms with E-state index in [1.165, 1.54) is 18.3 Å². The second kappa shape index (κ2) is 6.43. The fourth-order valence-corrected chi connectivity index (χ4v) is 5.14. The summed E-state index contributed by atoms with van der Waals surface area (Å²) < 4.78 is 27.4. The van der Waals surface area contributed by atoms with E-state index in [4.69, 9.17) is 11.6 Å². The molecule has 0 amide bonds. The number of halogens is 1. The Morgan fingerprint density at radius 2 is 2.32 bits per heavy atom. The van der Waals surface area contributed by atoms with E-state index < -0.39 is 10.0 Å². The predicted octanol–water partition coefficient (Wildman–Crippen LogP) is 2.69. The summed E-state index contributed by atoms with van der Waals surface area (Å²) in [5.41, 5.74) is 0. The molecule has 0 spiro atoms. The van der Waals surface area contributed by atoms with Crippen LogP contribution in [-0.4, -0.2) is 30.4 Å². The van der Waals surface area contributed by atoms with E-state index in [-0.39, 0.29) is 16.1 Å². The summed E-state index contributed by atoms with van der Waals surface area (Å²) in [6.07, 6.45) is 4.45. The first-order valence-corrected chi connectivity index (χ1v) is 9.19. The van der Waals surface area contributed by atoms with Crippen molar-refractivity contribution in [2.24, 2.45) is 0 Å². The number of hydrogen-bond acceptors (Lipinski definition) is 4. The Hall–Kier alpha value is -0.300. The molecule has 1 aromatic heterocycles. The van der Waals surface area contributed by atoms with Gasteiger partial charge >= 0.3 is 0 Å². The van der Waals surface area contributed by atoms with Crippen LogP contribution in [0.4, 0.5) is 0 Å². The van der Waals surface area contributed by atoms with Crippen LogP contribution in [0.1, 0.15) is 26.2 Å². The van der Waals surface area contributed by atoms with Crippen LogP contribution in [0.15, 0.2) is 23.2 Å². The molecule has 1 fully saturated rings. The van der Waals surface area contributed by atoms with E-state index >= 15 is 0 Å². The van der Waals surface area contributed by atoms with Gasteiger partial charge in [-0.1, -0.05) is 24.9 Å². The van der Waals surface area contributed by atoms with Crippen LogP contribution in [0.25, 0.3) is 0 Å². The predicted molar refractivity (Wildman–Crippen MR) is 79.1 cm³/mol. The summed E-state index contributed by atoms with van der Waals surface area (Å²) in [6.45, 7) is 2.09. The minimum atomic E-state index is -3.51. The molecule has 1 aliphatic carbocycles. The molecule has 1 aliphatic rings. The van der Waals surface area contributed by atoms with Gasteiger partial charge in [-0.05, 0) is 30.7 Å². The Kier molecular flexibility index (Phi) is 5.11. The molecule has 0 saturated heterocycles. The molecule has 7 heteroatoms. The Morgan fingerprint density at radius 3 is 3.00 bits per heavy atom. The van der Waals surface area contributed by atoms with Gasteiger partial charge < -0.3 is 0 Å². The van der Waals surface area contributed by atoms with Gasteiger partial charge in [-0.15, -0.1) is 0 Å². The lowest BCUT2D eigenvalue weighted by Crippen LogP contribution is -2.38. The van der Waals surface area contributed by atoms with E-state index in [1.54, 1.807) is 0 Å². The first-order chi connectivity index (χ1) is 9.03. The van der Waals surface area contributed by atoms with Crippen LogP contribution in [0, 0.1) is 0 Å². The van der Waals surface area contributed by atoms with Crippen molar-refractivity contribution in [2.45, 2.75) is 42.4 Å². The molecule has 0 bridgehead atoms. The van der Waals surface area contributed by atoms with E-state index in [0.717, 1.165) is 25.0 Å². The number of thioether (sulfide) groups is 1. The molecule has 2 unspecified atom stereocenters. The highest BCUT2D eigenvalue weighted by Gasteiger charge is 2.31. The SMILES string of the molecule is CCSC1CCCC1NS(=O)(=O)c1ccnc(Cl)c1. The van der Waals surface area contributed by atoms with E-state index in [2.05, 4.69) is 16.6 Å². The van der Waals surface area contributed by atoms with Crippen molar-refractivity contribution in [3.8, 4) is 0 Å². The fourth-order valence-electron chi connectivity index (χ4n) is 2.29. The molecule has 0 aliphatic heterocycles. The number of rotatable bonds is 5. The largest absolute Gasteiger partial charge is 0.244 e. The average Bonchev–Trinajstić information content (AvgIpc) is 2.76. The summed E-state index contributed by atoms with van der Waals surface area (Å²) >= 11 is 7.56. The van der Waals surface area contributed by atoms with Crippen LogP contribution >= 0.6 is 23.4 Å². The Balaban J connectivity index is 2.13. The van der Waals surface area contributed by atoms with Crippen molar-refractivity contribution >= 4 is 33.4 Å². The molecule has 1 heterocycles. The van der Waals surface area contributed by atoms with E-state index in [9.17, 15) is 8.42 Å². The Bertz CT molecular complexity index is 536. The van der Waals surface area contributed by atoms with E-state index in [0.29, 0.717) is 5.25 Å². The first-order valence-electron chi connectivity index (χ1n) is 6.28. The Morgan fingerprint density at radius 1 is 1.53 bits per heavy atom. The highest BCUT2D eigenvalue weighted by Crippen LogP contribution is 2.31. The van der Waals surface area contributed by atoms with Gasteiger partial charge in [0.1, 0.15) is 5.15 Å². The number of aromatic nitrogens is 1. The topological polar surface area (TPSA) is 59.1 Å². The molecule has 1 saturated carbocycles. The quantitative estimate of drug-likeness (QED) is 0.847. The zero-order chi connectivity index (χ0) is 13.9. The highest BCUT2D eigenvalue weighted by atomic mass is 35.5. The molecule has 0 radical (unpaired) electrons. The van der Waals surface area contributed by atoms with Gasteiger partial charge in [0.2, 0.25) is 10.0 Å². The smallest absolute Gasteiger partial charge is 0.241 e. The molecule has 2 atom stereocenters. The summed E-state index contributed by atoms with van der Waals surface area (Å²) in [6, 6.07) is 2.85. The second-order valence-electron chi connectivity index (χ2n) is 4.47. The van der Waals surface area contributed by atoms with Crippen molar-refractivity contribution < 1.29 is 8.42 Å². The van der Waals surface area contributed by atoms with Crippen molar-refractivity contribution in [1.82, 2.24) is 9.71 Å². The normalized spacial score (nSPS) is 23.7. The first kappa shape index (κ1) is 15.1. The molecule has 4 nitrogen and oxygen atoms in total. The third-order valence-corrected chi connectivity index (χ3v) is 6.17. The second-order valence-corrected chi connectivity index (χ2v) is 8.08. The van der Waals surface area contributed by atoms with Crippen LogP contribution in [-0.2, 0) is 10.0 Å². The zero-order valence-corrected chi connectivity index (χ0v) is 13.1. The van der Waals surface area contributed by atoms with Crippen molar-refractivity contribution in [3.63, 3.8) is 0 Å². The fraction of sp³-hybridized carbons (Fsp3) is 0.583. The van der Waals surface area contributed by atoms with Crippen LogP contribution in [0.3, 0.4) is 0 Å². The van der Waals surface area contributed by atoms with Crippen molar-refractivity contribution in [2.75, 3.05) is 5.75 Å². The van der Waals surface area contributed by atoms with Crippen LogP contribution in [0.5, 0.6) is 0 Å². The maximum absolute atomic E-state index is 12.3. The molecular formula is C12H17ClN2O2S2. The summed E-state index contributed by atoms with van der Waals surface area (Å²) in [5.74, 6) is 1.00. The lowest BCUT2D eigenvalue weighted by Gasteiger charge is -2.20. The molecule has 0 aromatic carbocycles. The third kappa shape index (κ3) is 3.84. The number of pyridine rings is 1. The number of nitrogens with zero attached hydrogens (tertiary/aromatic N) is 1. The van der Waals surface area contributed by atoms with Crippen molar-refractivity contribution in [3.05, 3.63) is 23.5 Å². The van der Waals surface area contributed by atoms with Gasteiger partial charge in [-0.25, -0.2) is 18.1 Å². The number of nitrogens with one attached hydrogen (secondary N) is 1. The maximum Gasteiger partial charge on any atom is 0.241 e. The lowest BCUT2D eigenvalue weighted by atomic mass is 10.3. The van der Waals surface area contributed by atoms with Gasteiger partial charge in [0, 0.05) is 17.5 Å². The standard InChI is InChI=1S/C12H17ClN2O2S2/c1-2-18-11-5-3-4-10(11)15-19(16,17)9-6-7-14-12(13)8-9/h6-8,10-11,15H,2-5H2,1H3. The number of hydrogen-bond donors (Lipinski definition) is 1. The van der Waals surface area contributed by atoms with Gasteiger partial charge in [0.05, 0.1) is 4.90 Å². The van der Waals surface area contributed by atoms with E-state index in [1.807, 2.05) is 11.8 Å². The molecule has 19 heavy (non-hydrogen) atoms. The van der Waals surface area contributed by atoms with Crippen LogP contribution < -0.4 is 4.72 Å². The van der Waals surface area contributed by atoms with Gasteiger partial charge in [-0.3, -0.25) is 0 Å². The minimum Gasteiger partial charge on any atom is -0.244 e. The Labute approximate surface area is 123 Å². The summed E-state index contributed by atoms with van der Waals surface area (Å²) in [5, 5.41) is 0.561. The zero-order valence-electron chi connectivity index (χ0n) is 10.7. The minimum absolute atomic E-state index is 0.0156. The monoisotopic (exact) mass is 320 g/mol. The maximum atomic E-state index is 12.3. The third-order valence-electron chi connectivity index (χ3n) is 3.15. The highest BCUT2D eigenvalue weighted by molar-refractivity contribution is 8.00. The lowest BCUT2D eigenvalue weighted by molar-refractivity contribution is 0.555. The number of sulfonamides is 1. The van der Waals surface area contributed by atoms with Crippen molar-refractivity contribution in [1.29, 1.82) is 0 Å². The summed E-state index contributed by atoms with van der Waals surface area (Å²) in [7, 11) is -3.51. The molecule has 2 rings (SSSR count). The van der Waals surface area contributed by atoms with Gasteiger partial charge in [0.25, 0.3) is 0 Å². The molecular weight excluding hydrogens is 304 g/mol. The van der Waals surface area contributed by atoms with Gasteiger partial charge in [-0.2, -0.15) is 11.8 Å². The molecule has 1 aromatic rings.